The molecule has 0 aliphatic heterocycles. The van der Waals surface area contributed by atoms with E-state index in [1.165, 1.54) is 19.6 Å². The van der Waals surface area contributed by atoms with Gasteiger partial charge in [-0.05, 0) is 30.9 Å². The van der Waals surface area contributed by atoms with Crippen LogP contribution in [-0.2, 0) is 27.2 Å². The van der Waals surface area contributed by atoms with Gasteiger partial charge in [-0.2, -0.15) is 0 Å². The highest BCUT2D eigenvalue weighted by atomic mass is 16.5. The summed E-state index contributed by atoms with van der Waals surface area (Å²) in [6, 6.07) is 7.87. The molecule has 5 nitrogen and oxygen atoms in total. The van der Waals surface area contributed by atoms with E-state index in [9.17, 15) is 14.7 Å². The van der Waals surface area contributed by atoms with Gasteiger partial charge in [0.15, 0.2) is 5.54 Å². The molecule has 1 unspecified atom stereocenters. The lowest BCUT2D eigenvalue weighted by Gasteiger charge is -2.25. The van der Waals surface area contributed by atoms with Crippen molar-refractivity contribution in [3.8, 4) is 0 Å². The highest BCUT2D eigenvalue weighted by Gasteiger charge is 2.34. The van der Waals surface area contributed by atoms with Crippen LogP contribution in [-0.4, -0.2) is 36.2 Å². The topological polar surface area (TPSA) is 75.6 Å². The summed E-state index contributed by atoms with van der Waals surface area (Å²) in [4.78, 5) is 23.3. The van der Waals surface area contributed by atoms with E-state index < -0.39 is 11.5 Å². The number of benzene rings is 1. The third-order valence-corrected chi connectivity index (χ3v) is 3.53. The van der Waals surface area contributed by atoms with Crippen molar-refractivity contribution >= 4 is 11.9 Å². The third kappa shape index (κ3) is 5.48. The molecule has 0 saturated heterocycles. The molecule has 0 heterocycles. The number of ether oxygens (including phenoxy) is 1. The van der Waals surface area contributed by atoms with Crippen molar-refractivity contribution < 1.29 is 19.4 Å². The Morgan fingerprint density at radius 3 is 2.32 bits per heavy atom. The van der Waals surface area contributed by atoms with Crippen LogP contribution < -0.4 is 5.32 Å². The van der Waals surface area contributed by atoms with Crippen molar-refractivity contribution in [3.63, 3.8) is 0 Å². The average Bonchev–Trinajstić information content (AvgIpc) is 2.46. The molecule has 0 radical (unpaired) electrons. The van der Waals surface area contributed by atoms with Crippen molar-refractivity contribution in [1.82, 2.24) is 5.32 Å². The Morgan fingerprint density at radius 1 is 1.23 bits per heavy atom. The number of carbonyl (C=O) groups is 2. The van der Waals surface area contributed by atoms with Gasteiger partial charge in [0.25, 0.3) is 0 Å². The number of unbranched alkanes of at least 4 members (excludes halogenated alkanes) is 1. The maximum atomic E-state index is 12.0. The van der Waals surface area contributed by atoms with Gasteiger partial charge in [-0.25, -0.2) is 4.79 Å². The molecule has 0 aromatic heterocycles. The molecule has 0 saturated carbocycles. The summed E-state index contributed by atoms with van der Waals surface area (Å²) >= 11 is 0. The molecule has 1 atom stereocenters. The van der Waals surface area contributed by atoms with Crippen molar-refractivity contribution in [3.05, 3.63) is 35.4 Å². The standard InChI is InChI=1S/C17H25NO4/c1-4-5-6-13-7-9-14(10-8-13)11-15(19)18-17(2,12-22-3)16(20)21/h7-10H,4-6,11-12H2,1-3H3,(H,18,19)(H,20,21). The number of carboxylic acids is 1. The third-order valence-electron chi connectivity index (χ3n) is 3.53. The van der Waals surface area contributed by atoms with Gasteiger partial charge in [-0.3, -0.25) is 4.79 Å². The predicted octanol–water partition coefficient (Wildman–Crippen LogP) is 2.18. The van der Waals surface area contributed by atoms with Crippen molar-refractivity contribution in [2.75, 3.05) is 13.7 Å². The second-order valence-electron chi connectivity index (χ2n) is 5.72. The number of hydrogen-bond donors (Lipinski definition) is 2. The van der Waals surface area contributed by atoms with E-state index in [1.807, 2.05) is 24.3 Å². The van der Waals surface area contributed by atoms with Crippen molar-refractivity contribution in [2.45, 2.75) is 45.1 Å². The van der Waals surface area contributed by atoms with Crippen LogP contribution in [0.1, 0.15) is 37.8 Å². The van der Waals surface area contributed by atoms with Gasteiger partial charge in [0.1, 0.15) is 0 Å². The van der Waals surface area contributed by atoms with E-state index in [2.05, 4.69) is 12.2 Å². The number of methoxy groups -OCH3 is 1. The van der Waals surface area contributed by atoms with Gasteiger partial charge in [0.2, 0.25) is 5.91 Å². The summed E-state index contributed by atoms with van der Waals surface area (Å²) in [5, 5.41) is 11.7. The molecule has 2 N–H and O–H groups in total. The Bertz CT molecular complexity index is 498. The van der Waals surface area contributed by atoms with Crippen LogP contribution in [0.2, 0.25) is 0 Å². The number of carbonyl (C=O) groups excluding carboxylic acids is 1. The molecule has 0 aliphatic rings. The molecule has 1 amide bonds. The van der Waals surface area contributed by atoms with E-state index in [0.717, 1.165) is 24.8 Å². The maximum absolute atomic E-state index is 12.0. The van der Waals surface area contributed by atoms with Crippen LogP contribution in [0.3, 0.4) is 0 Å². The van der Waals surface area contributed by atoms with E-state index in [0.29, 0.717) is 0 Å². The maximum Gasteiger partial charge on any atom is 0.331 e. The normalized spacial score (nSPS) is 13.4. The van der Waals surface area contributed by atoms with Gasteiger partial charge in [0.05, 0.1) is 13.0 Å². The number of amides is 1. The van der Waals surface area contributed by atoms with Crippen molar-refractivity contribution in [1.29, 1.82) is 0 Å². The Hall–Kier alpha value is -1.88. The largest absolute Gasteiger partial charge is 0.479 e. The lowest BCUT2D eigenvalue weighted by atomic mass is 10.0. The smallest absolute Gasteiger partial charge is 0.331 e. The van der Waals surface area contributed by atoms with Crippen LogP contribution >= 0.6 is 0 Å². The molecule has 0 spiro atoms. The van der Waals surface area contributed by atoms with Gasteiger partial charge in [-0.15, -0.1) is 0 Å². The Kier molecular flexibility index (Phi) is 7.05. The SMILES string of the molecule is CCCCc1ccc(CC(=O)NC(C)(COC)C(=O)O)cc1. The zero-order valence-electron chi connectivity index (χ0n) is 13.5. The molecule has 22 heavy (non-hydrogen) atoms. The number of hydrogen-bond acceptors (Lipinski definition) is 3. The minimum absolute atomic E-state index is 0.0793. The van der Waals surface area contributed by atoms with Crippen molar-refractivity contribution in [2.24, 2.45) is 0 Å². The van der Waals surface area contributed by atoms with Crippen LogP contribution in [0, 0.1) is 0 Å². The first kappa shape index (κ1) is 18.2. The fraction of sp³-hybridized carbons (Fsp3) is 0.529. The molecule has 1 rings (SSSR count). The highest BCUT2D eigenvalue weighted by Crippen LogP contribution is 2.10. The zero-order valence-corrected chi connectivity index (χ0v) is 13.5. The van der Waals surface area contributed by atoms with Gasteiger partial charge >= 0.3 is 5.97 Å². The molecule has 0 fully saturated rings. The van der Waals surface area contributed by atoms with Crippen LogP contribution in [0.5, 0.6) is 0 Å². The molecule has 1 aromatic carbocycles. The summed E-state index contributed by atoms with van der Waals surface area (Å²) in [6.07, 6.45) is 3.49. The number of aryl methyl sites for hydroxylation is 1. The Morgan fingerprint density at radius 2 is 1.82 bits per heavy atom. The Labute approximate surface area is 131 Å². The second kappa shape index (κ2) is 8.54. The van der Waals surface area contributed by atoms with E-state index in [4.69, 9.17) is 4.74 Å². The first-order valence-corrected chi connectivity index (χ1v) is 7.52. The summed E-state index contributed by atoms with van der Waals surface area (Å²) in [5.41, 5.74) is 0.705. The predicted molar refractivity (Wildman–Crippen MR) is 84.8 cm³/mol. The summed E-state index contributed by atoms with van der Waals surface area (Å²) in [5.74, 6) is -1.44. The zero-order chi connectivity index (χ0) is 16.6. The fourth-order valence-electron chi connectivity index (χ4n) is 2.18. The summed E-state index contributed by atoms with van der Waals surface area (Å²) < 4.78 is 4.88. The highest BCUT2D eigenvalue weighted by molar-refractivity contribution is 5.87. The molecule has 5 heteroatoms. The molecular formula is C17H25NO4. The number of aliphatic carboxylic acids is 1. The van der Waals surface area contributed by atoms with Gasteiger partial charge in [0, 0.05) is 7.11 Å². The second-order valence-corrected chi connectivity index (χ2v) is 5.72. The monoisotopic (exact) mass is 307 g/mol. The van der Waals surface area contributed by atoms with Crippen LogP contribution in [0.15, 0.2) is 24.3 Å². The molecule has 0 aliphatic carbocycles. The fourth-order valence-corrected chi connectivity index (χ4v) is 2.18. The Balaban J connectivity index is 2.62. The van der Waals surface area contributed by atoms with E-state index >= 15 is 0 Å². The van der Waals surface area contributed by atoms with Crippen LogP contribution in [0.4, 0.5) is 0 Å². The van der Waals surface area contributed by atoms with E-state index in [-0.39, 0.29) is 18.9 Å². The first-order valence-electron chi connectivity index (χ1n) is 7.52. The number of nitrogens with one attached hydrogen (secondary N) is 1. The first-order chi connectivity index (χ1) is 10.4. The number of rotatable bonds is 9. The summed E-state index contributed by atoms with van der Waals surface area (Å²) in [6.45, 7) is 3.51. The lowest BCUT2D eigenvalue weighted by Crippen LogP contribution is -2.55. The molecular weight excluding hydrogens is 282 g/mol. The number of carboxylic acid groups (broad SMARTS) is 1. The summed E-state index contributed by atoms with van der Waals surface area (Å²) in [7, 11) is 1.41. The van der Waals surface area contributed by atoms with Gasteiger partial charge < -0.3 is 15.2 Å². The average molecular weight is 307 g/mol. The quantitative estimate of drug-likeness (QED) is 0.733. The van der Waals surface area contributed by atoms with Crippen LogP contribution in [0.25, 0.3) is 0 Å². The molecule has 1 aromatic rings. The lowest BCUT2D eigenvalue weighted by molar-refractivity contribution is -0.149. The minimum Gasteiger partial charge on any atom is -0.479 e. The molecule has 122 valence electrons. The van der Waals surface area contributed by atoms with E-state index in [1.54, 1.807) is 0 Å². The van der Waals surface area contributed by atoms with Gasteiger partial charge in [-0.1, -0.05) is 37.6 Å². The minimum atomic E-state index is -1.41. The molecule has 0 bridgehead atoms.